The first-order chi connectivity index (χ1) is 8.83. The Balaban J connectivity index is 1.83. The molecule has 0 spiro atoms. The van der Waals surface area contributed by atoms with Crippen molar-refractivity contribution in [1.29, 1.82) is 0 Å². The molecule has 1 aromatic carbocycles. The Morgan fingerprint density at radius 2 is 1.94 bits per heavy atom. The van der Waals surface area contributed by atoms with Crippen molar-refractivity contribution in [3.05, 3.63) is 54.4 Å². The molecule has 1 N–H and O–H groups in total. The molecule has 0 saturated heterocycles. The summed E-state index contributed by atoms with van der Waals surface area (Å²) in [6.45, 7) is 2.10. The zero-order valence-electron chi connectivity index (χ0n) is 9.99. The number of anilines is 1. The second kappa shape index (κ2) is 4.44. The predicted octanol–water partition coefficient (Wildman–Crippen LogP) is 2.30. The predicted molar refractivity (Wildman–Crippen MR) is 69.3 cm³/mol. The van der Waals surface area contributed by atoms with Gasteiger partial charge in [0.25, 0.3) is 0 Å². The van der Waals surface area contributed by atoms with Gasteiger partial charge >= 0.3 is 0 Å². The lowest BCUT2D eigenvalue weighted by Crippen LogP contribution is -2.09. The van der Waals surface area contributed by atoms with Gasteiger partial charge in [0.1, 0.15) is 12.1 Å². The van der Waals surface area contributed by atoms with E-state index in [0.29, 0.717) is 0 Å². The quantitative estimate of drug-likeness (QED) is 0.762. The van der Waals surface area contributed by atoms with Crippen molar-refractivity contribution in [2.75, 3.05) is 5.32 Å². The Morgan fingerprint density at radius 1 is 1.11 bits per heavy atom. The van der Waals surface area contributed by atoms with Gasteiger partial charge in [-0.15, -0.1) is 15.3 Å². The van der Waals surface area contributed by atoms with E-state index < -0.39 is 0 Å². The molecule has 0 amide bonds. The Bertz CT molecular complexity index is 647. The summed E-state index contributed by atoms with van der Waals surface area (Å²) in [5.74, 6) is 0.804. The van der Waals surface area contributed by atoms with Crippen LogP contribution in [-0.2, 0) is 0 Å². The van der Waals surface area contributed by atoms with Crippen molar-refractivity contribution in [3.63, 3.8) is 0 Å². The van der Waals surface area contributed by atoms with Crippen molar-refractivity contribution in [3.8, 4) is 0 Å². The van der Waals surface area contributed by atoms with E-state index in [1.807, 2.05) is 30.3 Å². The monoisotopic (exact) mass is 239 g/mol. The van der Waals surface area contributed by atoms with Crippen LogP contribution in [0.15, 0.2) is 48.8 Å². The minimum absolute atomic E-state index is 0.202. The van der Waals surface area contributed by atoms with E-state index in [0.717, 1.165) is 11.5 Å². The van der Waals surface area contributed by atoms with Crippen molar-refractivity contribution < 1.29 is 0 Å². The minimum Gasteiger partial charge on any atom is -0.362 e. The van der Waals surface area contributed by atoms with Crippen LogP contribution < -0.4 is 5.32 Å². The number of aromatic nitrogens is 4. The molecule has 0 bridgehead atoms. The normalized spacial score (nSPS) is 12.5. The molecule has 2 heterocycles. The van der Waals surface area contributed by atoms with Crippen molar-refractivity contribution in [1.82, 2.24) is 19.8 Å². The molecule has 2 aromatic heterocycles. The van der Waals surface area contributed by atoms with Gasteiger partial charge in [-0.2, -0.15) is 4.52 Å². The topological polar surface area (TPSA) is 55.1 Å². The van der Waals surface area contributed by atoms with Crippen LogP contribution in [0.5, 0.6) is 0 Å². The molecular formula is C13H13N5. The molecule has 90 valence electrons. The van der Waals surface area contributed by atoms with Crippen LogP contribution in [0.1, 0.15) is 18.5 Å². The van der Waals surface area contributed by atoms with Crippen LogP contribution in [0.3, 0.4) is 0 Å². The number of hydrogen-bond donors (Lipinski definition) is 1. The number of nitrogens with one attached hydrogen (secondary N) is 1. The average molecular weight is 239 g/mol. The van der Waals surface area contributed by atoms with Gasteiger partial charge in [0, 0.05) is 6.04 Å². The van der Waals surface area contributed by atoms with Gasteiger partial charge in [-0.3, -0.25) is 0 Å². The Morgan fingerprint density at radius 3 is 2.78 bits per heavy atom. The second-order valence-electron chi connectivity index (χ2n) is 4.13. The molecule has 0 aliphatic rings. The summed E-state index contributed by atoms with van der Waals surface area (Å²) in [5.41, 5.74) is 1.97. The van der Waals surface area contributed by atoms with Gasteiger partial charge in [0.05, 0.1) is 0 Å². The maximum absolute atomic E-state index is 4.38. The van der Waals surface area contributed by atoms with E-state index >= 15 is 0 Å². The van der Waals surface area contributed by atoms with E-state index in [1.54, 1.807) is 10.8 Å². The Kier molecular flexibility index (Phi) is 2.64. The number of hydrogen-bond acceptors (Lipinski definition) is 4. The highest BCUT2D eigenvalue weighted by molar-refractivity contribution is 5.44. The lowest BCUT2D eigenvalue weighted by atomic mass is 10.1. The molecule has 0 aliphatic carbocycles. The summed E-state index contributed by atoms with van der Waals surface area (Å²) in [7, 11) is 0. The lowest BCUT2D eigenvalue weighted by molar-refractivity contribution is 0.844. The number of fused-ring (bicyclic) bond motifs is 1. The highest BCUT2D eigenvalue weighted by atomic mass is 15.4. The second-order valence-corrected chi connectivity index (χ2v) is 4.13. The van der Waals surface area contributed by atoms with Crippen molar-refractivity contribution in [2.45, 2.75) is 13.0 Å². The van der Waals surface area contributed by atoms with Gasteiger partial charge in [-0.25, -0.2) is 0 Å². The van der Waals surface area contributed by atoms with E-state index in [1.165, 1.54) is 5.56 Å². The van der Waals surface area contributed by atoms with Crippen LogP contribution in [0, 0.1) is 0 Å². The Labute approximate surface area is 104 Å². The van der Waals surface area contributed by atoms with Gasteiger partial charge in [-0.1, -0.05) is 30.3 Å². The van der Waals surface area contributed by atoms with Crippen LogP contribution in [0.25, 0.3) is 5.65 Å². The maximum atomic E-state index is 4.38. The fourth-order valence-corrected chi connectivity index (χ4v) is 1.85. The van der Waals surface area contributed by atoms with E-state index in [2.05, 4.69) is 39.7 Å². The first-order valence-electron chi connectivity index (χ1n) is 5.81. The van der Waals surface area contributed by atoms with Crippen LogP contribution >= 0.6 is 0 Å². The average Bonchev–Trinajstić information content (AvgIpc) is 2.87. The molecular weight excluding hydrogens is 226 g/mol. The first-order valence-corrected chi connectivity index (χ1v) is 5.81. The molecule has 5 heteroatoms. The Hall–Kier alpha value is -2.43. The van der Waals surface area contributed by atoms with E-state index in [-0.39, 0.29) is 6.04 Å². The van der Waals surface area contributed by atoms with Gasteiger partial charge < -0.3 is 5.32 Å². The third kappa shape index (κ3) is 2.02. The third-order valence-electron chi connectivity index (χ3n) is 2.83. The maximum Gasteiger partial charge on any atom is 0.177 e. The van der Waals surface area contributed by atoms with E-state index in [4.69, 9.17) is 0 Å². The summed E-state index contributed by atoms with van der Waals surface area (Å²) >= 11 is 0. The zero-order valence-corrected chi connectivity index (χ0v) is 9.99. The van der Waals surface area contributed by atoms with Crippen molar-refractivity contribution in [2.24, 2.45) is 0 Å². The molecule has 0 aliphatic heterocycles. The lowest BCUT2D eigenvalue weighted by Gasteiger charge is -2.14. The molecule has 0 radical (unpaired) electrons. The summed E-state index contributed by atoms with van der Waals surface area (Å²) in [5, 5.41) is 15.5. The van der Waals surface area contributed by atoms with Crippen LogP contribution in [-0.4, -0.2) is 19.8 Å². The molecule has 3 rings (SSSR count). The molecule has 0 saturated carbocycles. The first kappa shape index (κ1) is 10.7. The van der Waals surface area contributed by atoms with Crippen LogP contribution in [0.4, 0.5) is 5.82 Å². The SMILES string of the molecule is C[C@@H](Nc1ccc2nncn2n1)c1ccccc1. The number of nitrogens with zero attached hydrogens (tertiary/aromatic N) is 4. The van der Waals surface area contributed by atoms with Crippen LogP contribution in [0.2, 0.25) is 0 Å². The molecule has 5 nitrogen and oxygen atoms in total. The standard InChI is InChI=1S/C13H13N5/c1-10(11-5-3-2-4-6-11)15-12-7-8-13-16-14-9-18(13)17-12/h2-10H,1H3,(H,15,17)/t10-/m1/s1. The molecule has 18 heavy (non-hydrogen) atoms. The third-order valence-corrected chi connectivity index (χ3v) is 2.83. The summed E-state index contributed by atoms with van der Waals surface area (Å²) in [6, 6.07) is 14.3. The fourth-order valence-electron chi connectivity index (χ4n) is 1.85. The number of rotatable bonds is 3. The van der Waals surface area contributed by atoms with Gasteiger partial charge in [0.2, 0.25) is 0 Å². The largest absolute Gasteiger partial charge is 0.362 e. The molecule has 1 atom stereocenters. The highest BCUT2D eigenvalue weighted by Crippen LogP contribution is 2.17. The summed E-state index contributed by atoms with van der Waals surface area (Å²) in [4.78, 5) is 0. The smallest absolute Gasteiger partial charge is 0.177 e. The molecule has 0 unspecified atom stereocenters. The molecule has 0 fully saturated rings. The van der Waals surface area contributed by atoms with E-state index in [9.17, 15) is 0 Å². The molecule has 3 aromatic rings. The van der Waals surface area contributed by atoms with Gasteiger partial charge in [0.15, 0.2) is 5.65 Å². The zero-order chi connectivity index (χ0) is 12.4. The minimum atomic E-state index is 0.202. The summed E-state index contributed by atoms with van der Waals surface area (Å²) < 4.78 is 1.65. The fraction of sp³-hybridized carbons (Fsp3) is 0.154. The van der Waals surface area contributed by atoms with Gasteiger partial charge in [-0.05, 0) is 24.6 Å². The number of benzene rings is 1. The summed E-state index contributed by atoms with van der Waals surface area (Å²) in [6.07, 6.45) is 1.59. The van der Waals surface area contributed by atoms with Crippen molar-refractivity contribution >= 4 is 11.5 Å². The highest BCUT2D eigenvalue weighted by Gasteiger charge is 2.06.